The summed E-state index contributed by atoms with van der Waals surface area (Å²) in [6, 6.07) is 10.00. The van der Waals surface area contributed by atoms with Crippen LogP contribution in [0.25, 0.3) is 0 Å². The predicted octanol–water partition coefficient (Wildman–Crippen LogP) is 5.15. The van der Waals surface area contributed by atoms with Crippen molar-refractivity contribution < 1.29 is 42.0 Å². The van der Waals surface area contributed by atoms with E-state index in [2.05, 4.69) is 11.3 Å². The molecule has 0 aliphatic heterocycles. The molecule has 0 radical (unpaired) electrons. The van der Waals surface area contributed by atoms with Crippen LogP contribution in [0.4, 0.5) is 13.2 Å². The molecule has 0 saturated carbocycles. The zero-order chi connectivity index (χ0) is 23.2. The summed E-state index contributed by atoms with van der Waals surface area (Å²) in [6.07, 6.45) is -4.75. The third-order valence-corrected chi connectivity index (χ3v) is 3.97. The van der Waals surface area contributed by atoms with Gasteiger partial charge in [0.1, 0.15) is 36.2 Å². The first-order valence-electron chi connectivity index (χ1n) is 9.17. The highest BCUT2D eigenvalue weighted by Crippen LogP contribution is 2.28. The number of rotatable bonds is 10. The Balaban J connectivity index is 1.83. The van der Waals surface area contributed by atoms with Crippen molar-refractivity contribution in [2.75, 3.05) is 13.2 Å². The van der Waals surface area contributed by atoms with Gasteiger partial charge in [-0.05, 0) is 74.4 Å². The lowest BCUT2D eigenvalue weighted by atomic mass is 10.1. The molecule has 168 valence electrons. The molecule has 0 bridgehead atoms. The largest absolute Gasteiger partial charge is 0.573 e. The van der Waals surface area contributed by atoms with Crippen LogP contribution in [0.2, 0.25) is 0 Å². The summed E-state index contributed by atoms with van der Waals surface area (Å²) < 4.78 is 56.9. The van der Waals surface area contributed by atoms with Gasteiger partial charge in [0.25, 0.3) is 0 Å². The van der Waals surface area contributed by atoms with Gasteiger partial charge in [0.05, 0.1) is 0 Å². The Morgan fingerprint density at radius 3 is 1.97 bits per heavy atom. The molecule has 0 aliphatic carbocycles. The van der Waals surface area contributed by atoms with E-state index in [-0.39, 0.29) is 19.0 Å². The van der Waals surface area contributed by atoms with E-state index in [1.165, 1.54) is 26.0 Å². The maximum atomic E-state index is 12.2. The van der Waals surface area contributed by atoms with Gasteiger partial charge in [-0.3, -0.25) is 0 Å². The summed E-state index contributed by atoms with van der Waals surface area (Å²) in [4.78, 5) is 11.2. The number of halogens is 3. The van der Waals surface area contributed by atoms with E-state index >= 15 is 0 Å². The Hall–Kier alpha value is -3.36. The molecule has 2 rings (SSSR count). The molecule has 6 nitrogen and oxygen atoms in total. The van der Waals surface area contributed by atoms with Crippen LogP contribution in [0.15, 0.2) is 54.6 Å². The fraction of sp³-hybridized carbons (Fsp3) is 0.318. The maximum absolute atomic E-state index is 12.2. The molecule has 0 unspecified atom stereocenters. The van der Waals surface area contributed by atoms with Gasteiger partial charge in [-0.1, -0.05) is 6.58 Å². The van der Waals surface area contributed by atoms with Crippen LogP contribution in [-0.2, 0) is 4.79 Å². The number of carboxylic acid groups (broad SMARTS) is 1. The topological polar surface area (TPSA) is 74.2 Å². The highest BCUT2D eigenvalue weighted by molar-refractivity contribution is 5.76. The summed E-state index contributed by atoms with van der Waals surface area (Å²) in [5, 5.41) is 9.16. The molecule has 0 aliphatic rings. The third-order valence-electron chi connectivity index (χ3n) is 3.97. The molecular formula is C22H23F3O6. The van der Waals surface area contributed by atoms with Crippen LogP contribution < -0.4 is 18.9 Å². The fourth-order valence-electron chi connectivity index (χ4n) is 2.29. The van der Waals surface area contributed by atoms with Gasteiger partial charge in [0.2, 0.25) is 0 Å². The first-order valence-corrected chi connectivity index (χ1v) is 9.17. The number of hydrogen-bond donors (Lipinski definition) is 1. The normalized spacial score (nSPS) is 11.5. The lowest BCUT2D eigenvalue weighted by Crippen LogP contribution is -2.38. The smallest absolute Gasteiger partial charge is 0.489 e. The average Bonchev–Trinajstić information content (AvgIpc) is 2.66. The molecule has 0 saturated heterocycles. The molecule has 0 aromatic heterocycles. The Kier molecular flexibility index (Phi) is 7.43. The quantitative estimate of drug-likeness (QED) is 0.515. The number of hydrogen-bond acceptors (Lipinski definition) is 5. The summed E-state index contributed by atoms with van der Waals surface area (Å²) in [5.41, 5.74) is -0.0639. The van der Waals surface area contributed by atoms with E-state index in [1.807, 2.05) is 0 Å². The number of aryl methyl sites for hydroxylation is 1. The van der Waals surface area contributed by atoms with Gasteiger partial charge in [-0.25, -0.2) is 4.79 Å². The first-order chi connectivity index (χ1) is 14.4. The molecule has 2 aromatic rings. The lowest BCUT2D eigenvalue weighted by Gasteiger charge is -2.23. The standard InChI is InChI=1S/C22H23F3O6/c1-14(12-28-16-5-7-17(8-6-16)30-22(23,24)25)13-29-18-9-10-19(15(2)11-18)31-21(3,4)20(26)27/h5-11H,1,12-13H2,2-4H3,(H,26,27). The number of alkyl halides is 3. The van der Waals surface area contributed by atoms with Gasteiger partial charge in [-0.15, -0.1) is 13.2 Å². The molecule has 0 atom stereocenters. The molecule has 2 aromatic carbocycles. The SMILES string of the molecule is C=C(COc1ccc(OC(F)(F)F)cc1)COc1ccc(OC(C)(C)C(=O)O)c(C)c1. The van der Waals surface area contributed by atoms with Crippen LogP contribution in [0.1, 0.15) is 19.4 Å². The van der Waals surface area contributed by atoms with E-state index in [1.54, 1.807) is 25.1 Å². The number of benzene rings is 2. The molecule has 0 amide bonds. The highest BCUT2D eigenvalue weighted by Gasteiger charge is 2.31. The molecular weight excluding hydrogens is 417 g/mol. The zero-order valence-electron chi connectivity index (χ0n) is 17.3. The van der Waals surface area contributed by atoms with Crippen molar-refractivity contribution >= 4 is 5.97 Å². The molecule has 31 heavy (non-hydrogen) atoms. The number of ether oxygens (including phenoxy) is 4. The van der Waals surface area contributed by atoms with E-state index in [4.69, 9.17) is 19.3 Å². The summed E-state index contributed by atoms with van der Waals surface area (Å²) in [6.45, 7) is 8.78. The van der Waals surface area contributed by atoms with E-state index in [9.17, 15) is 18.0 Å². The van der Waals surface area contributed by atoms with Crippen LogP contribution >= 0.6 is 0 Å². The second-order valence-corrected chi connectivity index (χ2v) is 7.19. The number of carbonyl (C=O) groups is 1. The summed E-state index contributed by atoms with van der Waals surface area (Å²) in [7, 11) is 0. The molecule has 0 spiro atoms. The van der Waals surface area contributed by atoms with E-state index in [0.717, 1.165) is 12.1 Å². The Labute approximate surface area is 177 Å². The lowest BCUT2D eigenvalue weighted by molar-refractivity contribution is -0.274. The highest BCUT2D eigenvalue weighted by atomic mass is 19.4. The summed E-state index contributed by atoms with van der Waals surface area (Å²) in [5.74, 6) is -0.0932. The van der Waals surface area contributed by atoms with Crippen LogP contribution in [0.5, 0.6) is 23.0 Å². The van der Waals surface area contributed by atoms with Gasteiger partial charge in [0.15, 0.2) is 5.60 Å². The maximum Gasteiger partial charge on any atom is 0.573 e. The van der Waals surface area contributed by atoms with E-state index < -0.39 is 17.9 Å². The van der Waals surface area contributed by atoms with Crippen LogP contribution in [0.3, 0.4) is 0 Å². The van der Waals surface area contributed by atoms with Gasteiger partial charge in [-0.2, -0.15) is 0 Å². The van der Waals surface area contributed by atoms with Crippen molar-refractivity contribution in [2.24, 2.45) is 0 Å². The summed E-state index contributed by atoms with van der Waals surface area (Å²) >= 11 is 0. The molecule has 1 N–H and O–H groups in total. The van der Waals surface area contributed by atoms with Crippen molar-refractivity contribution in [1.82, 2.24) is 0 Å². The Morgan fingerprint density at radius 1 is 0.935 bits per heavy atom. The molecule has 9 heteroatoms. The van der Waals surface area contributed by atoms with Crippen molar-refractivity contribution in [2.45, 2.75) is 32.7 Å². The monoisotopic (exact) mass is 440 g/mol. The van der Waals surface area contributed by atoms with Gasteiger partial charge in [0, 0.05) is 0 Å². The minimum Gasteiger partial charge on any atom is -0.489 e. The second kappa shape index (κ2) is 9.63. The Bertz CT molecular complexity index is 920. The number of aliphatic carboxylic acids is 1. The fourth-order valence-corrected chi connectivity index (χ4v) is 2.29. The minimum atomic E-state index is -4.75. The molecule has 0 heterocycles. The Morgan fingerprint density at radius 2 is 1.45 bits per heavy atom. The average molecular weight is 440 g/mol. The molecule has 0 fully saturated rings. The third kappa shape index (κ3) is 7.76. The van der Waals surface area contributed by atoms with Crippen molar-refractivity contribution in [1.29, 1.82) is 0 Å². The number of carboxylic acids is 1. The second-order valence-electron chi connectivity index (χ2n) is 7.19. The first kappa shape index (κ1) is 23.9. The van der Waals surface area contributed by atoms with Gasteiger partial charge < -0.3 is 24.1 Å². The van der Waals surface area contributed by atoms with Crippen molar-refractivity contribution in [3.05, 3.63) is 60.2 Å². The minimum absolute atomic E-state index is 0.104. The van der Waals surface area contributed by atoms with Crippen molar-refractivity contribution in [3.63, 3.8) is 0 Å². The van der Waals surface area contributed by atoms with Gasteiger partial charge >= 0.3 is 12.3 Å². The van der Waals surface area contributed by atoms with Crippen LogP contribution in [-0.4, -0.2) is 36.3 Å². The van der Waals surface area contributed by atoms with Crippen molar-refractivity contribution in [3.8, 4) is 23.0 Å². The zero-order valence-corrected chi connectivity index (χ0v) is 17.3. The predicted molar refractivity (Wildman–Crippen MR) is 107 cm³/mol. The van der Waals surface area contributed by atoms with Crippen LogP contribution in [0, 0.1) is 6.92 Å². The van der Waals surface area contributed by atoms with E-state index in [0.29, 0.717) is 28.4 Å².